The molecule has 6 heteroatoms. The van der Waals surface area contributed by atoms with E-state index in [-0.39, 0.29) is 5.78 Å². The Hall–Kier alpha value is -2.31. The molecule has 0 saturated carbocycles. The van der Waals surface area contributed by atoms with Crippen LogP contribution >= 0.6 is 0 Å². The van der Waals surface area contributed by atoms with Gasteiger partial charge in [-0.05, 0) is 55.8 Å². The molecule has 3 rings (SSSR count). The molecule has 0 fully saturated rings. The Balaban J connectivity index is 2.16. The third-order valence-corrected chi connectivity index (χ3v) is 4.56. The molecule has 2 N–H and O–H groups in total. The van der Waals surface area contributed by atoms with E-state index in [1.807, 2.05) is 0 Å². The molecule has 4 nitrogen and oxygen atoms in total. The number of rotatable bonds is 3. The van der Waals surface area contributed by atoms with Crippen LogP contribution in [0.1, 0.15) is 25.0 Å². The van der Waals surface area contributed by atoms with Gasteiger partial charge in [-0.25, -0.2) is 13.7 Å². The Kier molecular flexibility index (Phi) is 4.11. The number of hydrogen-bond acceptors (Lipinski definition) is 3. The summed E-state index contributed by atoms with van der Waals surface area (Å²) in [5.41, 5.74) is 0.405. The predicted octanol–water partition coefficient (Wildman–Crippen LogP) is 3.05. The highest BCUT2D eigenvalue weighted by molar-refractivity contribution is 7.82. The van der Waals surface area contributed by atoms with Crippen LogP contribution in [-0.2, 0) is 20.5 Å². The summed E-state index contributed by atoms with van der Waals surface area (Å²) in [5.74, 6) is -0.259. The fourth-order valence-electron chi connectivity index (χ4n) is 2.61. The summed E-state index contributed by atoms with van der Waals surface area (Å²) in [4.78, 5) is 13.2. The average Bonchev–Trinajstić information content (AvgIpc) is 2.78. The van der Waals surface area contributed by atoms with Crippen molar-refractivity contribution in [1.29, 1.82) is 0 Å². The summed E-state index contributed by atoms with van der Waals surface area (Å²) < 4.78 is 30.8. The van der Waals surface area contributed by atoms with Crippen molar-refractivity contribution in [3.63, 3.8) is 0 Å². The van der Waals surface area contributed by atoms with Gasteiger partial charge in [-0.1, -0.05) is 12.1 Å². The summed E-state index contributed by atoms with van der Waals surface area (Å²) in [6.07, 6.45) is 0. The summed E-state index contributed by atoms with van der Waals surface area (Å²) in [7, 11) is -1.58. The largest absolute Gasteiger partial charge is 0.478 e. The van der Waals surface area contributed by atoms with E-state index in [9.17, 15) is 13.4 Å². The van der Waals surface area contributed by atoms with Gasteiger partial charge in [0, 0.05) is 5.56 Å². The number of carbonyl (C=O) groups excluding carboxylic acids is 1. The van der Waals surface area contributed by atoms with E-state index in [1.165, 1.54) is 12.1 Å². The van der Waals surface area contributed by atoms with Gasteiger partial charge in [0.05, 0.1) is 10.5 Å². The van der Waals surface area contributed by atoms with Crippen molar-refractivity contribution in [3.8, 4) is 0 Å². The Bertz CT molecular complexity index is 872. The van der Waals surface area contributed by atoms with E-state index >= 15 is 0 Å². The molecule has 1 heterocycles. The molecule has 0 saturated heterocycles. The minimum absolute atomic E-state index is 0.213. The van der Waals surface area contributed by atoms with E-state index in [0.29, 0.717) is 27.4 Å². The molecule has 1 unspecified atom stereocenters. The lowest BCUT2D eigenvalue weighted by molar-refractivity contribution is -0.125. The van der Waals surface area contributed by atoms with Crippen LogP contribution in [0.15, 0.2) is 53.4 Å². The lowest BCUT2D eigenvalue weighted by Crippen LogP contribution is -2.29. The first-order valence-electron chi connectivity index (χ1n) is 7.30. The molecule has 0 spiro atoms. The van der Waals surface area contributed by atoms with Crippen molar-refractivity contribution in [1.82, 2.24) is 0 Å². The van der Waals surface area contributed by atoms with E-state index in [1.54, 1.807) is 50.2 Å². The molecule has 1 aliphatic rings. The van der Waals surface area contributed by atoms with Gasteiger partial charge >= 0.3 is 0 Å². The van der Waals surface area contributed by atoms with Crippen molar-refractivity contribution < 1.29 is 18.1 Å². The van der Waals surface area contributed by atoms with Crippen molar-refractivity contribution in [2.24, 2.45) is 5.14 Å². The van der Waals surface area contributed by atoms with Crippen LogP contribution in [0, 0.1) is 5.82 Å². The van der Waals surface area contributed by atoms with Crippen LogP contribution in [0.3, 0.4) is 0 Å². The number of hydrogen-bond donors (Lipinski definition) is 1. The smallest absolute Gasteiger partial charge is 0.210 e. The molecule has 0 radical (unpaired) electrons. The average molecular weight is 345 g/mol. The maximum Gasteiger partial charge on any atom is 0.210 e. The number of carbonyl (C=O) groups is 1. The van der Waals surface area contributed by atoms with E-state index in [4.69, 9.17) is 9.88 Å². The Labute approximate surface area is 141 Å². The van der Waals surface area contributed by atoms with Crippen LogP contribution in [0.2, 0.25) is 0 Å². The normalized spacial score (nSPS) is 17.8. The van der Waals surface area contributed by atoms with Crippen LogP contribution in [0.4, 0.5) is 4.39 Å². The van der Waals surface area contributed by atoms with Crippen LogP contribution < -0.4 is 5.14 Å². The van der Waals surface area contributed by atoms with Crippen LogP contribution in [0.25, 0.3) is 11.3 Å². The highest BCUT2D eigenvalue weighted by Crippen LogP contribution is 2.41. The summed E-state index contributed by atoms with van der Waals surface area (Å²) in [6, 6.07) is 12.4. The first-order valence-corrected chi connectivity index (χ1v) is 8.51. The van der Waals surface area contributed by atoms with Crippen LogP contribution in [-0.4, -0.2) is 15.6 Å². The zero-order valence-electron chi connectivity index (χ0n) is 13.2. The number of halogens is 1. The van der Waals surface area contributed by atoms with Crippen molar-refractivity contribution in [2.45, 2.75) is 24.3 Å². The van der Waals surface area contributed by atoms with Gasteiger partial charge in [0.1, 0.15) is 22.6 Å². The lowest BCUT2D eigenvalue weighted by Gasteiger charge is -2.17. The quantitative estimate of drug-likeness (QED) is 0.929. The zero-order valence-corrected chi connectivity index (χ0v) is 14.0. The molecule has 2 aromatic carbocycles. The summed E-state index contributed by atoms with van der Waals surface area (Å²) in [5, 5.41) is 5.35. The topological polar surface area (TPSA) is 69.4 Å². The van der Waals surface area contributed by atoms with Crippen molar-refractivity contribution in [3.05, 3.63) is 65.5 Å². The van der Waals surface area contributed by atoms with Gasteiger partial charge in [0.15, 0.2) is 5.60 Å². The second-order valence-corrected chi connectivity index (χ2v) is 7.04. The Morgan fingerprint density at radius 2 is 1.75 bits per heavy atom. The lowest BCUT2D eigenvalue weighted by atomic mass is 9.92. The van der Waals surface area contributed by atoms with Gasteiger partial charge in [0.25, 0.3) is 0 Å². The fraction of sp³-hybridized carbons (Fsp3) is 0.167. The molecule has 2 aromatic rings. The second-order valence-electron chi connectivity index (χ2n) is 5.98. The van der Waals surface area contributed by atoms with Crippen LogP contribution in [0.5, 0.6) is 0 Å². The molecule has 0 aliphatic carbocycles. The molecule has 0 bridgehead atoms. The summed E-state index contributed by atoms with van der Waals surface area (Å²) in [6.45, 7) is 3.34. The van der Waals surface area contributed by atoms with Crippen molar-refractivity contribution in [2.75, 3.05) is 0 Å². The number of nitrogens with two attached hydrogens (primary N) is 1. The molecular weight excluding hydrogens is 329 g/mol. The minimum atomic E-state index is -1.58. The Morgan fingerprint density at radius 1 is 1.08 bits per heavy atom. The molecule has 124 valence electrons. The maximum absolute atomic E-state index is 13.6. The van der Waals surface area contributed by atoms with E-state index in [2.05, 4.69) is 0 Å². The second kappa shape index (κ2) is 5.96. The van der Waals surface area contributed by atoms with Gasteiger partial charge in [-0.2, -0.15) is 0 Å². The third-order valence-electron chi connectivity index (χ3n) is 3.82. The number of Topliss-reactive ketones (excluding diaryl/α,β-unsaturated/α-hetero) is 1. The molecular formula is C18H16FNO3S. The van der Waals surface area contributed by atoms with Gasteiger partial charge in [-0.15, -0.1) is 0 Å². The number of benzene rings is 2. The number of ketones is 1. The molecule has 0 amide bonds. The van der Waals surface area contributed by atoms with Crippen molar-refractivity contribution >= 4 is 28.1 Å². The Morgan fingerprint density at radius 3 is 2.33 bits per heavy atom. The monoisotopic (exact) mass is 345 g/mol. The first kappa shape index (κ1) is 16.5. The fourth-order valence-corrected chi connectivity index (χ4v) is 3.01. The third kappa shape index (κ3) is 2.90. The number of ether oxygens (including phenoxy) is 1. The predicted molar refractivity (Wildman–Crippen MR) is 90.4 cm³/mol. The van der Waals surface area contributed by atoms with Gasteiger partial charge in [0.2, 0.25) is 5.78 Å². The van der Waals surface area contributed by atoms with Gasteiger partial charge < -0.3 is 4.74 Å². The first-order chi connectivity index (χ1) is 11.3. The molecule has 1 atom stereocenters. The van der Waals surface area contributed by atoms with E-state index < -0.39 is 22.4 Å². The minimum Gasteiger partial charge on any atom is -0.478 e. The molecule has 24 heavy (non-hydrogen) atoms. The highest BCUT2D eigenvalue weighted by Gasteiger charge is 2.42. The standard InChI is InChI=1S/C18H16FNO3S/c1-18(2)17(21)15(12-4-3-5-13(19)10-12)16(23-18)11-6-8-14(9-7-11)24(20)22/h3-10H,20H2,1-2H3. The summed E-state index contributed by atoms with van der Waals surface area (Å²) >= 11 is 0. The van der Waals surface area contributed by atoms with E-state index in [0.717, 1.165) is 0 Å². The zero-order chi connectivity index (χ0) is 17.5. The molecule has 1 aliphatic heterocycles. The SMILES string of the molecule is CC1(C)OC(c2ccc(S(N)=O)cc2)=C(c2cccc(F)c2)C1=O. The maximum atomic E-state index is 13.6. The molecule has 0 aromatic heterocycles. The van der Waals surface area contributed by atoms with Gasteiger partial charge in [-0.3, -0.25) is 4.79 Å². The highest BCUT2D eigenvalue weighted by atomic mass is 32.2.